The molecule has 0 saturated heterocycles. The Bertz CT molecular complexity index is 798. The molecule has 3 aromatic rings. The summed E-state index contributed by atoms with van der Waals surface area (Å²) in [6.45, 7) is 4.41. The van der Waals surface area contributed by atoms with E-state index in [4.69, 9.17) is 9.47 Å². The Labute approximate surface area is 168 Å². The lowest BCUT2D eigenvalue weighted by molar-refractivity contribution is 0.309. The summed E-state index contributed by atoms with van der Waals surface area (Å²) in [6, 6.07) is 26.8. The number of ether oxygens (including phenoxy) is 2. The third kappa shape index (κ3) is 6.66. The predicted molar refractivity (Wildman–Crippen MR) is 116 cm³/mol. The molecule has 3 rings (SSSR count). The van der Waals surface area contributed by atoms with Gasteiger partial charge in [0.25, 0.3) is 0 Å². The average Bonchev–Trinajstić information content (AvgIpc) is 2.75. The van der Waals surface area contributed by atoms with Crippen LogP contribution in [-0.4, -0.2) is 13.2 Å². The maximum atomic E-state index is 5.85. The standard InChI is InChI=1S/C25H29NO2/c1-2-3-18-27-25-15-11-23(12-16-25)26-20-22-9-13-24(14-10-22)28-19-17-21-7-5-4-6-8-21/h4-16,26H,2-3,17-20H2,1H3. The molecule has 3 heteroatoms. The lowest BCUT2D eigenvalue weighted by Crippen LogP contribution is -2.02. The second kappa shape index (κ2) is 11.0. The number of hydrogen-bond acceptors (Lipinski definition) is 3. The van der Waals surface area contributed by atoms with Gasteiger partial charge in [0.1, 0.15) is 11.5 Å². The van der Waals surface area contributed by atoms with Gasteiger partial charge in [-0.2, -0.15) is 0 Å². The Balaban J connectivity index is 1.40. The number of benzene rings is 3. The Morgan fingerprint density at radius 1 is 0.679 bits per heavy atom. The van der Waals surface area contributed by atoms with Crippen LogP contribution in [0.5, 0.6) is 11.5 Å². The van der Waals surface area contributed by atoms with E-state index in [1.54, 1.807) is 0 Å². The van der Waals surface area contributed by atoms with Crippen molar-refractivity contribution in [3.8, 4) is 11.5 Å². The van der Waals surface area contributed by atoms with Crippen molar-refractivity contribution in [3.63, 3.8) is 0 Å². The molecule has 0 aliphatic carbocycles. The molecule has 0 amide bonds. The SMILES string of the molecule is CCCCOc1ccc(NCc2ccc(OCCc3ccccc3)cc2)cc1. The van der Waals surface area contributed by atoms with E-state index >= 15 is 0 Å². The monoisotopic (exact) mass is 375 g/mol. The summed E-state index contributed by atoms with van der Waals surface area (Å²) in [6.07, 6.45) is 3.16. The highest BCUT2D eigenvalue weighted by molar-refractivity contribution is 5.47. The van der Waals surface area contributed by atoms with Crippen LogP contribution in [0.25, 0.3) is 0 Å². The zero-order valence-electron chi connectivity index (χ0n) is 16.6. The Morgan fingerprint density at radius 3 is 2.00 bits per heavy atom. The highest BCUT2D eigenvalue weighted by atomic mass is 16.5. The molecule has 0 spiro atoms. The smallest absolute Gasteiger partial charge is 0.119 e. The normalized spacial score (nSPS) is 10.5. The lowest BCUT2D eigenvalue weighted by atomic mass is 10.2. The van der Waals surface area contributed by atoms with Crippen molar-refractivity contribution in [3.05, 3.63) is 90.0 Å². The molecule has 0 aromatic heterocycles. The van der Waals surface area contributed by atoms with Crippen LogP contribution in [0, 0.1) is 0 Å². The number of nitrogens with one attached hydrogen (secondary N) is 1. The van der Waals surface area contributed by atoms with Crippen molar-refractivity contribution in [1.82, 2.24) is 0 Å². The van der Waals surface area contributed by atoms with Crippen LogP contribution in [0.4, 0.5) is 5.69 Å². The minimum absolute atomic E-state index is 0.689. The van der Waals surface area contributed by atoms with Crippen LogP contribution >= 0.6 is 0 Å². The van der Waals surface area contributed by atoms with Crippen LogP contribution in [0.3, 0.4) is 0 Å². The summed E-state index contributed by atoms with van der Waals surface area (Å²) >= 11 is 0. The van der Waals surface area contributed by atoms with Gasteiger partial charge in [0.2, 0.25) is 0 Å². The molecule has 28 heavy (non-hydrogen) atoms. The minimum atomic E-state index is 0.689. The third-order valence-electron chi connectivity index (χ3n) is 4.54. The zero-order valence-corrected chi connectivity index (χ0v) is 16.6. The van der Waals surface area contributed by atoms with E-state index in [-0.39, 0.29) is 0 Å². The molecule has 0 heterocycles. The van der Waals surface area contributed by atoms with E-state index in [1.165, 1.54) is 11.1 Å². The average molecular weight is 376 g/mol. The zero-order chi connectivity index (χ0) is 19.4. The van der Waals surface area contributed by atoms with Crippen molar-refractivity contribution in [2.24, 2.45) is 0 Å². The molecule has 0 fully saturated rings. The molecule has 0 radical (unpaired) electrons. The summed E-state index contributed by atoms with van der Waals surface area (Å²) < 4.78 is 11.5. The molecule has 0 aliphatic rings. The highest BCUT2D eigenvalue weighted by Gasteiger charge is 1.99. The number of unbranched alkanes of at least 4 members (excludes halogenated alkanes) is 1. The molecule has 0 aliphatic heterocycles. The molecule has 146 valence electrons. The van der Waals surface area contributed by atoms with Crippen LogP contribution in [0.2, 0.25) is 0 Å². The van der Waals surface area contributed by atoms with Crippen molar-refractivity contribution >= 4 is 5.69 Å². The van der Waals surface area contributed by atoms with Gasteiger partial charge in [0, 0.05) is 18.7 Å². The molecule has 1 N–H and O–H groups in total. The van der Waals surface area contributed by atoms with Gasteiger partial charge in [0.05, 0.1) is 13.2 Å². The molecular formula is C25H29NO2. The second-order valence-corrected chi connectivity index (χ2v) is 6.81. The summed E-state index contributed by atoms with van der Waals surface area (Å²) in [5.41, 5.74) is 3.61. The fraction of sp³-hybridized carbons (Fsp3) is 0.280. The van der Waals surface area contributed by atoms with E-state index in [1.807, 2.05) is 30.3 Å². The molecule has 3 aromatic carbocycles. The fourth-order valence-electron chi connectivity index (χ4n) is 2.84. The largest absolute Gasteiger partial charge is 0.494 e. The first-order valence-corrected chi connectivity index (χ1v) is 10.1. The van der Waals surface area contributed by atoms with Crippen molar-refractivity contribution in [2.75, 3.05) is 18.5 Å². The van der Waals surface area contributed by atoms with E-state index < -0.39 is 0 Å². The molecule has 0 unspecified atom stereocenters. The number of hydrogen-bond donors (Lipinski definition) is 1. The highest BCUT2D eigenvalue weighted by Crippen LogP contribution is 2.18. The van der Waals surface area contributed by atoms with Crippen molar-refractivity contribution in [1.29, 1.82) is 0 Å². The Kier molecular flexibility index (Phi) is 7.80. The second-order valence-electron chi connectivity index (χ2n) is 6.81. The molecular weight excluding hydrogens is 346 g/mol. The van der Waals surface area contributed by atoms with Crippen LogP contribution < -0.4 is 14.8 Å². The van der Waals surface area contributed by atoms with E-state index in [0.717, 1.165) is 49.6 Å². The quantitative estimate of drug-likeness (QED) is 0.411. The van der Waals surface area contributed by atoms with E-state index in [2.05, 4.69) is 60.8 Å². The van der Waals surface area contributed by atoms with Crippen LogP contribution in [0.1, 0.15) is 30.9 Å². The van der Waals surface area contributed by atoms with Crippen LogP contribution in [0.15, 0.2) is 78.9 Å². The van der Waals surface area contributed by atoms with Crippen LogP contribution in [-0.2, 0) is 13.0 Å². The first-order valence-electron chi connectivity index (χ1n) is 10.1. The maximum absolute atomic E-state index is 5.85. The first kappa shape index (κ1) is 19.8. The van der Waals surface area contributed by atoms with Gasteiger partial charge in [-0.15, -0.1) is 0 Å². The molecule has 0 bridgehead atoms. The molecule has 0 saturated carbocycles. The van der Waals surface area contributed by atoms with E-state index in [0.29, 0.717) is 6.61 Å². The summed E-state index contributed by atoms with van der Waals surface area (Å²) in [5.74, 6) is 1.84. The minimum Gasteiger partial charge on any atom is -0.494 e. The number of rotatable bonds is 11. The van der Waals surface area contributed by atoms with Gasteiger partial charge in [0.15, 0.2) is 0 Å². The van der Waals surface area contributed by atoms with Gasteiger partial charge in [-0.3, -0.25) is 0 Å². The Hall–Kier alpha value is -2.94. The van der Waals surface area contributed by atoms with E-state index in [9.17, 15) is 0 Å². The van der Waals surface area contributed by atoms with Gasteiger partial charge in [-0.1, -0.05) is 55.8 Å². The Morgan fingerprint density at radius 2 is 1.32 bits per heavy atom. The van der Waals surface area contributed by atoms with Gasteiger partial charge >= 0.3 is 0 Å². The summed E-state index contributed by atoms with van der Waals surface area (Å²) in [7, 11) is 0. The third-order valence-corrected chi connectivity index (χ3v) is 4.54. The number of anilines is 1. The molecule has 3 nitrogen and oxygen atoms in total. The summed E-state index contributed by atoms with van der Waals surface area (Å²) in [4.78, 5) is 0. The van der Waals surface area contributed by atoms with Gasteiger partial charge in [-0.05, 0) is 53.9 Å². The fourth-order valence-corrected chi connectivity index (χ4v) is 2.84. The molecule has 0 atom stereocenters. The first-order chi connectivity index (χ1) is 13.8. The lowest BCUT2D eigenvalue weighted by Gasteiger charge is -2.10. The van der Waals surface area contributed by atoms with Crippen molar-refractivity contribution < 1.29 is 9.47 Å². The van der Waals surface area contributed by atoms with Gasteiger partial charge in [-0.25, -0.2) is 0 Å². The van der Waals surface area contributed by atoms with Gasteiger partial charge < -0.3 is 14.8 Å². The topological polar surface area (TPSA) is 30.5 Å². The summed E-state index contributed by atoms with van der Waals surface area (Å²) in [5, 5.41) is 3.44. The predicted octanol–water partition coefficient (Wildman–Crippen LogP) is 6.10. The maximum Gasteiger partial charge on any atom is 0.119 e. The van der Waals surface area contributed by atoms with Crippen molar-refractivity contribution in [2.45, 2.75) is 32.7 Å².